The van der Waals surface area contributed by atoms with Gasteiger partial charge in [-0.3, -0.25) is 4.90 Å². The summed E-state index contributed by atoms with van der Waals surface area (Å²) in [7, 11) is 0. The van der Waals surface area contributed by atoms with Crippen LogP contribution in [-0.4, -0.2) is 9.55 Å². The fourth-order valence-electron chi connectivity index (χ4n) is 8.23. The molecule has 4 nitrogen and oxygen atoms in total. The minimum Gasteiger partial charge on any atom is -0.456 e. The summed E-state index contributed by atoms with van der Waals surface area (Å²) in [5.41, 5.74) is 11.8. The first-order valence-corrected chi connectivity index (χ1v) is 18.6. The third-order valence-electron chi connectivity index (χ3n) is 10.8. The van der Waals surface area contributed by atoms with E-state index in [0.29, 0.717) is 0 Å². The molecule has 0 radical (unpaired) electrons. The molecule has 4 heteroatoms. The zero-order chi connectivity index (χ0) is 36.3. The Labute approximate surface area is 317 Å². The van der Waals surface area contributed by atoms with E-state index >= 15 is 0 Å². The summed E-state index contributed by atoms with van der Waals surface area (Å²) in [6.07, 6.45) is 1.94. The zero-order valence-corrected chi connectivity index (χ0v) is 29.8. The molecule has 11 aromatic rings. The van der Waals surface area contributed by atoms with Crippen molar-refractivity contribution in [2.75, 3.05) is 4.90 Å². The van der Waals surface area contributed by atoms with Gasteiger partial charge in [0.25, 0.3) is 0 Å². The van der Waals surface area contributed by atoms with Gasteiger partial charge in [-0.15, -0.1) is 0 Å². The van der Waals surface area contributed by atoms with Gasteiger partial charge in [-0.2, -0.15) is 0 Å². The highest BCUT2D eigenvalue weighted by molar-refractivity contribution is 6.18. The molecule has 0 spiro atoms. The lowest BCUT2D eigenvalue weighted by Gasteiger charge is -2.25. The van der Waals surface area contributed by atoms with Crippen LogP contribution >= 0.6 is 0 Å². The molecule has 55 heavy (non-hydrogen) atoms. The first kappa shape index (κ1) is 31.1. The van der Waals surface area contributed by atoms with E-state index in [9.17, 15) is 0 Å². The Kier molecular flexibility index (Phi) is 7.14. The van der Waals surface area contributed by atoms with E-state index in [0.717, 1.165) is 67.1 Å². The average Bonchev–Trinajstić information content (AvgIpc) is 3.80. The number of furan rings is 1. The summed E-state index contributed by atoms with van der Waals surface area (Å²) in [6.45, 7) is 0. The summed E-state index contributed by atoms with van der Waals surface area (Å²) in [5.74, 6) is 0.780. The molecule has 0 unspecified atom stereocenters. The van der Waals surface area contributed by atoms with Crippen LogP contribution in [0, 0.1) is 0 Å². The van der Waals surface area contributed by atoms with Crippen LogP contribution in [-0.2, 0) is 0 Å². The SMILES string of the molecule is c1ccc(-c2cccc(N(c3cccc(-c4ccc(-n5c6ccccc6c6ccc7ccccc7c65)cc4)c3)c3cc4oc5ccccc5c4cn3)c2)cc1. The van der Waals surface area contributed by atoms with Gasteiger partial charge in [0.05, 0.1) is 11.0 Å². The minimum atomic E-state index is 0.780. The Morgan fingerprint density at radius 1 is 0.418 bits per heavy atom. The standard InChI is InChI=1S/C51H33N3O/c1-2-12-34(13-3-1)37-15-10-17-40(30-37)53(50-32-49-46(33-52-50)44-21-7-9-23-48(44)55-49)41-18-11-16-38(31-41)35-24-27-39(28-25-35)54-47-22-8-6-20-43(47)45-29-26-36-14-4-5-19-42(36)51(45)54/h1-33H. The van der Waals surface area contributed by atoms with E-state index in [-0.39, 0.29) is 0 Å². The van der Waals surface area contributed by atoms with E-state index in [4.69, 9.17) is 9.40 Å². The van der Waals surface area contributed by atoms with Crippen LogP contribution in [0.2, 0.25) is 0 Å². The molecule has 0 aliphatic rings. The van der Waals surface area contributed by atoms with Crippen LogP contribution in [0.25, 0.3) is 82.5 Å². The average molecular weight is 704 g/mol. The third-order valence-corrected chi connectivity index (χ3v) is 10.8. The van der Waals surface area contributed by atoms with E-state index in [1.54, 1.807) is 0 Å². The van der Waals surface area contributed by atoms with E-state index in [2.05, 4.69) is 185 Å². The van der Waals surface area contributed by atoms with Crippen LogP contribution in [0.5, 0.6) is 0 Å². The van der Waals surface area contributed by atoms with Crippen LogP contribution in [0.4, 0.5) is 17.2 Å². The summed E-state index contributed by atoms with van der Waals surface area (Å²) >= 11 is 0. The number of rotatable bonds is 6. The Balaban J connectivity index is 1.04. The topological polar surface area (TPSA) is 34.2 Å². The Hall–Kier alpha value is -7.43. The number of fused-ring (bicyclic) bond motifs is 8. The molecule has 0 saturated carbocycles. The highest BCUT2D eigenvalue weighted by atomic mass is 16.3. The van der Waals surface area contributed by atoms with Crippen molar-refractivity contribution in [3.05, 3.63) is 200 Å². The predicted molar refractivity (Wildman–Crippen MR) is 229 cm³/mol. The second kappa shape index (κ2) is 12.6. The van der Waals surface area contributed by atoms with Gasteiger partial charge in [0, 0.05) is 56.3 Å². The first-order valence-electron chi connectivity index (χ1n) is 18.6. The van der Waals surface area contributed by atoms with Gasteiger partial charge in [0.2, 0.25) is 0 Å². The van der Waals surface area contributed by atoms with Crippen molar-refractivity contribution >= 4 is 71.7 Å². The maximum Gasteiger partial charge on any atom is 0.141 e. The largest absolute Gasteiger partial charge is 0.456 e. The van der Waals surface area contributed by atoms with Gasteiger partial charge in [-0.25, -0.2) is 4.98 Å². The van der Waals surface area contributed by atoms with Gasteiger partial charge < -0.3 is 8.98 Å². The van der Waals surface area contributed by atoms with Crippen molar-refractivity contribution in [3.63, 3.8) is 0 Å². The highest BCUT2D eigenvalue weighted by Gasteiger charge is 2.19. The van der Waals surface area contributed by atoms with E-state index in [1.165, 1.54) is 32.6 Å². The minimum absolute atomic E-state index is 0.780. The molecule has 0 N–H and O–H groups in total. The summed E-state index contributed by atoms with van der Waals surface area (Å²) in [4.78, 5) is 7.28. The van der Waals surface area contributed by atoms with Crippen LogP contribution in [0.1, 0.15) is 0 Å². The molecule has 8 aromatic carbocycles. The number of aromatic nitrogens is 2. The van der Waals surface area contributed by atoms with Gasteiger partial charge in [-0.05, 0) is 76.2 Å². The molecule has 11 rings (SSSR count). The van der Waals surface area contributed by atoms with Crippen molar-refractivity contribution in [2.45, 2.75) is 0 Å². The molecule has 0 amide bonds. The lowest BCUT2D eigenvalue weighted by molar-refractivity contribution is 0.668. The van der Waals surface area contributed by atoms with Crippen molar-refractivity contribution < 1.29 is 4.42 Å². The molecule has 3 heterocycles. The fraction of sp³-hybridized carbons (Fsp3) is 0. The number of pyridine rings is 1. The third kappa shape index (κ3) is 5.19. The number of benzene rings is 8. The molecule has 0 bridgehead atoms. The number of para-hydroxylation sites is 2. The molecule has 0 saturated heterocycles. The normalized spacial score (nSPS) is 11.6. The van der Waals surface area contributed by atoms with Crippen LogP contribution in [0.15, 0.2) is 205 Å². The molecule has 3 aromatic heterocycles. The van der Waals surface area contributed by atoms with Crippen LogP contribution in [0.3, 0.4) is 0 Å². The molecule has 0 aliphatic heterocycles. The van der Waals surface area contributed by atoms with E-state index < -0.39 is 0 Å². The second-order valence-electron chi connectivity index (χ2n) is 14.0. The summed E-state index contributed by atoms with van der Waals surface area (Å²) < 4.78 is 8.76. The molecule has 258 valence electrons. The maximum atomic E-state index is 6.35. The lowest BCUT2D eigenvalue weighted by atomic mass is 10.0. The molecule has 0 aliphatic carbocycles. The molecular weight excluding hydrogens is 671 g/mol. The number of nitrogens with zero attached hydrogens (tertiary/aromatic N) is 3. The van der Waals surface area contributed by atoms with Crippen molar-refractivity contribution in [1.29, 1.82) is 0 Å². The van der Waals surface area contributed by atoms with Gasteiger partial charge in [0.15, 0.2) is 0 Å². The second-order valence-corrected chi connectivity index (χ2v) is 14.0. The highest BCUT2D eigenvalue weighted by Crippen LogP contribution is 2.41. The first-order chi connectivity index (χ1) is 27.3. The Bertz CT molecular complexity index is 3210. The van der Waals surface area contributed by atoms with Gasteiger partial charge in [-0.1, -0.05) is 140 Å². The summed E-state index contributed by atoms with van der Waals surface area (Å²) in [5, 5.41) is 7.07. The molecule has 0 atom stereocenters. The van der Waals surface area contributed by atoms with Crippen LogP contribution < -0.4 is 4.90 Å². The number of hydrogen-bond acceptors (Lipinski definition) is 3. The van der Waals surface area contributed by atoms with Gasteiger partial charge in [0.1, 0.15) is 17.0 Å². The number of anilines is 3. The monoisotopic (exact) mass is 703 g/mol. The van der Waals surface area contributed by atoms with Gasteiger partial charge >= 0.3 is 0 Å². The maximum absolute atomic E-state index is 6.35. The molecular formula is C51H33N3O. The predicted octanol–water partition coefficient (Wildman–Crippen LogP) is 14.0. The fourth-order valence-corrected chi connectivity index (χ4v) is 8.23. The van der Waals surface area contributed by atoms with E-state index in [1.807, 2.05) is 24.4 Å². The number of hydrogen-bond donors (Lipinski definition) is 0. The van der Waals surface area contributed by atoms with Crippen molar-refractivity contribution in [1.82, 2.24) is 9.55 Å². The van der Waals surface area contributed by atoms with Crippen molar-refractivity contribution in [2.24, 2.45) is 0 Å². The smallest absolute Gasteiger partial charge is 0.141 e. The Morgan fingerprint density at radius 3 is 1.84 bits per heavy atom. The quantitative estimate of drug-likeness (QED) is 0.173. The molecule has 0 fully saturated rings. The summed E-state index contributed by atoms with van der Waals surface area (Å²) in [6, 6.07) is 68.9. The zero-order valence-electron chi connectivity index (χ0n) is 29.8. The Morgan fingerprint density at radius 2 is 1.05 bits per heavy atom. The lowest BCUT2D eigenvalue weighted by Crippen LogP contribution is -2.11. The van der Waals surface area contributed by atoms with Crippen molar-refractivity contribution in [3.8, 4) is 27.9 Å².